The van der Waals surface area contributed by atoms with Crippen molar-refractivity contribution in [3.05, 3.63) is 65.5 Å². The van der Waals surface area contributed by atoms with Crippen LogP contribution in [0.4, 0.5) is 0 Å². The summed E-state index contributed by atoms with van der Waals surface area (Å²) in [5.74, 6) is 0.754. The minimum absolute atomic E-state index is 0.155. The lowest BCUT2D eigenvalue weighted by atomic mass is 10.1. The number of hydrogen-bond acceptors (Lipinski definition) is 7. The summed E-state index contributed by atoms with van der Waals surface area (Å²) in [5.41, 5.74) is 2.91. The molecule has 0 atom stereocenters. The second-order valence-electron chi connectivity index (χ2n) is 8.00. The fourth-order valence-electron chi connectivity index (χ4n) is 3.59. The molecule has 0 unspecified atom stereocenters. The zero-order chi connectivity index (χ0) is 24.0. The summed E-state index contributed by atoms with van der Waals surface area (Å²) in [4.78, 5) is 16.9. The summed E-state index contributed by atoms with van der Waals surface area (Å²) in [5, 5.41) is 6.83. The Kier molecular flexibility index (Phi) is 7.71. The predicted molar refractivity (Wildman–Crippen MR) is 125 cm³/mol. The number of aryl methyl sites for hydroxylation is 2. The number of benzene rings is 2. The Bertz CT molecular complexity index is 1200. The summed E-state index contributed by atoms with van der Waals surface area (Å²) in [6.07, 6.45) is 1.51. The average Bonchev–Trinajstić information content (AvgIpc) is 3.36. The molecule has 34 heavy (non-hydrogen) atoms. The van der Waals surface area contributed by atoms with Crippen molar-refractivity contribution in [2.45, 2.75) is 37.6 Å². The van der Waals surface area contributed by atoms with Gasteiger partial charge in [0.25, 0.3) is 0 Å². The van der Waals surface area contributed by atoms with Crippen LogP contribution in [-0.2, 0) is 38.9 Å². The van der Waals surface area contributed by atoms with Crippen LogP contribution in [0.2, 0.25) is 0 Å². The van der Waals surface area contributed by atoms with E-state index in [1.807, 2.05) is 24.3 Å². The number of morpholine rings is 1. The summed E-state index contributed by atoms with van der Waals surface area (Å²) in [6.45, 7) is 3.91. The highest BCUT2D eigenvalue weighted by Gasteiger charge is 2.26. The predicted octanol–water partition coefficient (Wildman–Crippen LogP) is 2.57. The SMILES string of the molecule is CCc1ccc(-c2noc(CCC(=O)NCc3ccc(S(=O)(=O)N4CCOCC4)cc3)n2)cc1. The van der Waals surface area contributed by atoms with Crippen LogP contribution in [0.15, 0.2) is 57.9 Å². The van der Waals surface area contributed by atoms with Gasteiger partial charge in [-0.15, -0.1) is 0 Å². The van der Waals surface area contributed by atoms with Crippen LogP contribution in [0.1, 0.15) is 30.4 Å². The van der Waals surface area contributed by atoms with Crippen molar-refractivity contribution in [1.82, 2.24) is 19.8 Å². The molecule has 1 aliphatic rings. The molecule has 2 aromatic carbocycles. The van der Waals surface area contributed by atoms with Crippen molar-refractivity contribution in [3.63, 3.8) is 0 Å². The molecule has 1 aliphatic heterocycles. The van der Waals surface area contributed by atoms with E-state index in [1.54, 1.807) is 24.3 Å². The van der Waals surface area contributed by atoms with E-state index in [0.29, 0.717) is 51.0 Å². The molecule has 1 N–H and O–H groups in total. The third-order valence-corrected chi connectivity index (χ3v) is 7.59. The molecule has 180 valence electrons. The Labute approximate surface area is 199 Å². The van der Waals surface area contributed by atoms with Gasteiger partial charge in [-0.2, -0.15) is 9.29 Å². The van der Waals surface area contributed by atoms with Gasteiger partial charge < -0.3 is 14.6 Å². The van der Waals surface area contributed by atoms with Crippen molar-refractivity contribution < 1.29 is 22.5 Å². The van der Waals surface area contributed by atoms with Gasteiger partial charge in [-0.1, -0.05) is 48.5 Å². The Hall–Kier alpha value is -3.08. The maximum atomic E-state index is 12.7. The van der Waals surface area contributed by atoms with E-state index in [0.717, 1.165) is 17.5 Å². The van der Waals surface area contributed by atoms with Crippen molar-refractivity contribution in [2.24, 2.45) is 0 Å². The highest BCUT2D eigenvalue weighted by atomic mass is 32.2. The molecular weight excluding hydrogens is 456 g/mol. The van der Waals surface area contributed by atoms with E-state index in [4.69, 9.17) is 9.26 Å². The highest BCUT2D eigenvalue weighted by Crippen LogP contribution is 2.19. The van der Waals surface area contributed by atoms with Gasteiger partial charge in [0.1, 0.15) is 0 Å². The first kappa shape index (κ1) is 24.1. The van der Waals surface area contributed by atoms with Gasteiger partial charge >= 0.3 is 0 Å². The maximum Gasteiger partial charge on any atom is 0.243 e. The van der Waals surface area contributed by atoms with Crippen molar-refractivity contribution in [2.75, 3.05) is 26.3 Å². The van der Waals surface area contributed by atoms with Gasteiger partial charge in [0.05, 0.1) is 18.1 Å². The molecule has 4 rings (SSSR count). The lowest BCUT2D eigenvalue weighted by Gasteiger charge is -2.26. The first-order valence-electron chi connectivity index (χ1n) is 11.3. The minimum atomic E-state index is -3.53. The molecule has 9 nitrogen and oxygen atoms in total. The van der Waals surface area contributed by atoms with E-state index in [1.165, 1.54) is 9.87 Å². The van der Waals surface area contributed by atoms with Gasteiger partial charge in [0.2, 0.25) is 27.6 Å². The largest absolute Gasteiger partial charge is 0.379 e. The van der Waals surface area contributed by atoms with E-state index < -0.39 is 10.0 Å². The van der Waals surface area contributed by atoms with Crippen molar-refractivity contribution in [1.29, 1.82) is 0 Å². The Balaban J connectivity index is 1.25. The molecule has 1 amide bonds. The second-order valence-corrected chi connectivity index (χ2v) is 9.94. The summed E-state index contributed by atoms with van der Waals surface area (Å²) < 4.78 is 37.3. The van der Waals surface area contributed by atoms with Crippen LogP contribution in [0, 0.1) is 0 Å². The molecule has 3 aromatic rings. The first-order valence-corrected chi connectivity index (χ1v) is 12.7. The van der Waals surface area contributed by atoms with Crippen molar-refractivity contribution in [3.8, 4) is 11.4 Å². The fourth-order valence-corrected chi connectivity index (χ4v) is 5.00. The Morgan fingerprint density at radius 1 is 1.03 bits per heavy atom. The second kappa shape index (κ2) is 10.9. The number of aromatic nitrogens is 2. The number of hydrogen-bond donors (Lipinski definition) is 1. The van der Waals surface area contributed by atoms with Gasteiger partial charge in [0.15, 0.2) is 0 Å². The number of amides is 1. The normalized spacial score (nSPS) is 14.7. The molecule has 0 aliphatic carbocycles. The van der Waals surface area contributed by atoms with Crippen molar-refractivity contribution >= 4 is 15.9 Å². The van der Waals surface area contributed by atoms with Gasteiger partial charge in [-0.3, -0.25) is 4.79 Å². The number of carbonyl (C=O) groups excluding carboxylic acids is 1. The molecule has 1 saturated heterocycles. The van der Waals surface area contributed by atoms with Crippen LogP contribution in [-0.4, -0.2) is 55.1 Å². The molecule has 2 heterocycles. The minimum Gasteiger partial charge on any atom is -0.379 e. The monoisotopic (exact) mass is 484 g/mol. The van der Waals surface area contributed by atoms with Crippen LogP contribution in [0.3, 0.4) is 0 Å². The topological polar surface area (TPSA) is 115 Å². The third kappa shape index (κ3) is 5.88. The Morgan fingerprint density at radius 3 is 2.38 bits per heavy atom. The lowest BCUT2D eigenvalue weighted by Crippen LogP contribution is -2.40. The van der Waals surface area contributed by atoms with Crippen LogP contribution >= 0.6 is 0 Å². The standard InChI is InChI=1S/C24H28N4O5S/c1-2-18-3-7-20(8-4-18)24-26-23(33-27-24)12-11-22(29)25-17-19-5-9-21(10-6-19)34(30,31)28-13-15-32-16-14-28/h3-10H,2,11-17H2,1H3,(H,25,29). The zero-order valence-corrected chi connectivity index (χ0v) is 19.9. The fraction of sp³-hybridized carbons (Fsp3) is 0.375. The number of nitrogens with one attached hydrogen (secondary N) is 1. The summed E-state index contributed by atoms with van der Waals surface area (Å²) >= 11 is 0. The number of sulfonamides is 1. The Morgan fingerprint density at radius 2 is 1.71 bits per heavy atom. The molecule has 1 aromatic heterocycles. The molecule has 0 spiro atoms. The number of rotatable bonds is 9. The van der Waals surface area contributed by atoms with E-state index >= 15 is 0 Å². The summed E-state index contributed by atoms with van der Waals surface area (Å²) in [7, 11) is -3.53. The molecule has 10 heteroatoms. The van der Waals surface area contributed by atoms with E-state index in [2.05, 4.69) is 22.4 Å². The quantitative estimate of drug-likeness (QED) is 0.496. The molecule has 0 bridgehead atoms. The summed E-state index contributed by atoms with van der Waals surface area (Å²) in [6, 6.07) is 14.5. The number of ether oxygens (including phenoxy) is 1. The van der Waals surface area contributed by atoms with Crippen LogP contribution < -0.4 is 5.32 Å². The van der Waals surface area contributed by atoms with Crippen LogP contribution in [0.5, 0.6) is 0 Å². The van der Waals surface area contributed by atoms with Gasteiger partial charge in [-0.05, 0) is 29.7 Å². The number of nitrogens with zero attached hydrogens (tertiary/aromatic N) is 3. The van der Waals surface area contributed by atoms with Gasteiger partial charge in [-0.25, -0.2) is 8.42 Å². The zero-order valence-electron chi connectivity index (χ0n) is 19.1. The molecule has 0 radical (unpaired) electrons. The van der Waals surface area contributed by atoms with E-state index in [-0.39, 0.29) is 17.2 Å². The number of carbonyl (C=O) groups is 1. The smallest absolute Gasteiger partial charge is 0.243 e. The third-order valence-electron chi connectivity index (χ3n) is 5.68. The first-order chi connectivity index (χ1) is 16.5. The van der Waals surface area contributed by atoms with Gasteiger partial charge in [0, 0.05) is 38.0 Å². The average molecular weight is 485 g/mol. The maximum absolute atomic E-state index is 12.7. The molecular formula is C24H28N4O5S. The molecule has 1 fully saturated rings. The highest BCUT2D eigenvalue weighted by molar-refractivity contribution is 7.89. The van der Waals surface area contributed by atoms with Crippen LogP contribution in [0.25, 0.3) is 11.4 Å². The van der Waals surface area contributed by atoms with E-state index in [9.17, 15) is 13.2 Å². The molecule has 0 saturated carbocycles. The lowest BCUT2D eigenvalue weighted by molar-refractivity contribution is -0.121.